The van der Waals surface area contributed by atoms with Crippen LogP contribution in [0.15, 0.2) is 229 Å². The molecular formula is C55H37NO. The highest BCUT2D eigenvalue weighted by atomic mass is 16.3. The summed E-state index contributed by atoms with van der Waals surface area (Å²) in [7, 11) is 0. The SMILES string of the molecule is c1ccc(-c2ccc(N(c3ccc(-c4ccc5c(c4)C(c4ccccc4)(c4ccccc4)c4ccccc4-5)cc3)c3ccc4c(c3)oc3ccccc34)cc2)cc1. The van der Waals surface area contributed by atoms with E-state index >= 15 is 0 Å². The van der Waals surface area contributed by atoms with Crippen LogP contribution in [-0.4, -0.2) is 0 Å². The van der Waals surface area contributed by atoms with Crippen LogP contribution in [0.2, 0.25) is 0 Å². The molecule has 268 valence electrons. The molecule has 1 aromatic heterocycles. The quantitative estimate of drug-likeness (QED) is 0.163. The minimum atomic E-state index is -0.442. The Hall–Kier alpha value is -7.42. The molecule has 0 unspecified atom stereocenters. The fraction of sp³-hybridized carbons (Fsp3) is 0.0182. The van der Waals surface area contributed by atoms with Gasteiger partial charge in [-0.3, -0.25) is 0 Å². The van der Waals surface area contributed by atoms with Crippen molar-refractivity contribution in [1.82, 2.24) is 0 Å². The Balaban J connectivity index is 1.03. The van der Waals surface area contributed by atoms with Gasteiger partial charge >= 0.3 is 0 Å². The standard InChI is InChI=1S/C55H37NO/c1-4-14-38(15-5-1)39-24-29-44(30-25-39)56(46-33-35-50-49-21-11-13-23-53(49)57-54(50)37-46)45-31-26-40(27-32-45)41-28-34-48-47-20-10-12-22-51(47)55(52(48)36-41,42-16-6-2-7-17-42)43-18-8-3-9-19-43/h1-37H. The van der Waals surface area contributed by atoms with Crippen LogP contribution in [0.3, 0.4) is 0 Å². The highest BCUT2D eigenvalue weighted by Gasteiger charge is 2.46. The molecule has 2 nitrogen and oxygen atoms in total. The second-order valence-electron chi connectivity index (χ2n) is 14.9. The first-order valence-electron chi connectivity index (χ1n) is 19.6. The molecule has 0 amide bonds. The molecule has 0 radical (unpaired) electrons. The third-order valence-electron chi connectivity index (χ3n) is 11.8. The average molecular weight is 728 g/mol. The van der Waals surface area contributed by atoms with Gasteiger partial charge in [0.05, 0.1) is 5.41 Å². The molecule has 0 fully saturated rings. The second kappa shape index (κ2) is 13.4. The van der Waals surface area contributed by atoms with Crippen LogP contribution in [0, 0.1) is 0 Å². The van der Waals surface area contributed by atoms with Crippen molar-refractivity contribution in [1.29, 1.82) is 0 Å². The number of benzene rings is 9. The van der Waals surface area contributed by atoms with E-state index in [2.05, 4.69) is 217 Å². The summed E-state index contributed by atoms with van der Waals surface area (Å²) in [5, 5.41) is 2.24. The van der Waals surface area contributed by atoms with Crippen LogP contribution in [0.25, 0.3) is 55.3 Å². The number of furan rings is 1. The summed E-state index contributed by atoms with van der Waals surface area (Å²) in [6.45, 7) is 0. The van der Waals surface area contributed by atoms with E-state index in [1.165, 1.54) is 55.6 Å². The van der Waals surface area contributed by atoms with Crippen molar-refractivity contribution in [2.24, 2.45) is 0 Å². The van der Waals surface area contributed by atoms with E-state index in [4.69, 9.17) is 4.42 Å². The Bertz CT molecular complexity index is 3000. The van der Waals surface area contributed by atoms with Gasteiger partial charge in [-0.05, 0) is 104 Å². The fourth-order valence-electron chi connectivity index (χ4n) is 9.16. The Morgan fingerprint density at radius 1 is 0.316 bits per heavy atom. The largest absolute Gasteiger partial charge is 0.456 e. The van der Waals surface area contributed by atoms with Crippen molar-refractivity contribution < 1.29 is 4.42 Å². The van der Waals surface area contributed by atoms with E-state index in [0.29, 0.717) is 0 Å². The highest BCUT2D eigenvalue weighted by molar-refractivity contribution is 6.06. The minimum Gasteiger partial charge on any atom is -0.456 e. The summed E-state index contributed by atoms with van der Waals surface area (Å²) >= 11 is 0. The summed E-state index contributed by atoms with van der Waals surface area (Å²) < 4.78 is 6.38. The molecule has 0 bridgehead atoms. The Labute approximate surface area is 332 Å². The summed E-state index contributed by atoms with van der Waals surface area (Å²) in [5.41, 5.74) is 17.0. The molecule has 1 aliphatic carbocycles. The zero-order chi connectivity index (χ0) is 37.8. The summed E-state index contributed by atoms with van der Waals surface area (Å²) in [5.74, 6) is 0. The smallest absolute Gasteiger partial charge is 0.137 e. The molecule has 2 heteroatoms. The van der Waals surface area contributed by atoms with Gasteiger partial charge in [0.2, 0.25) is 0 Å². The normalized spacial score (nSPS) is 12.7. The summed E-state index contributed by atoms with van der Waals surface area (Å²) in [6.07, 6.45) is 0. The predicted molar refractivity (Wildman–Crippen MR) is 237 cm³/mol. The van der Waals surface area contributed by atoms with E-state index < -0.39 is 5.41 Å². The first kappa shape index (κ1) is 33.0. The van der Waals surface area contributed by atoms with Crippen molar-refractivity contribution in [2.75, 3.05) is 4.90 Å². The van der Waals surface area contributed by atoms with Crippen LogP contribution in [0.4, 0.5) is 17.1 Å². The molecule has 0 atom stereocenters. The zero-order valence-electron chi connectivity index (χ0n) is 31.2. The third kappa shape index (κ3) is 5.33. The van der Waals surface area contributed by atoms with Crippen molar-refractivity contribution in [2.45, 2.75) is 5.41 Å². The topological polar surface area (TPSA) is 16.4 Å². The van der Waals surface area contributed by atoms with Crippen LogP contribution in [0.5, 0.6) is 0 Å². The molecule has 57 heavy (non-hydrogen) atoms. The van der Waals surface area contributed by atoms with Crippen LogP contribution >= 0.6 is 0 Å². The van der Waals surface area contributed by atoms with Gasteiger partial charge in [0.1, 0.15) is 11.2 Å². The van der Waals surface area contributed by atoms with Crippen LogP contribution < -0.4 is 4.90 Å². The van der Waals surface area contributed by atoms with Crippen molar-refractivity contribution in [3.63, 3.8) is 0 Å². The lowest BCUT2D eigenvalue weighted by Gasteiger charge is -2.34. The summed E-state index contributed by atoms with van der Waals surface area (Å²) in [4.78, 5) is 2.32. The van der Waals surface area contributed by atoms with Gasteiger partial charge in [-0.2, -0.15) is 0 Å². The van der Waals surface area contributed by atoms with E-state index in [0.717, 1.165) is 39.0 Å². The molecule has 0 saturated heterocycles. The molecule has 11 rings (SSSR count). The number of anilines is 3. The molecular weight excluding hydrogens is 691 g/mol. The number of hydrogen-bond acceptors (Lipinski definition) is 2. The molecule has 1 aliphatic rings. The maximum atomic E-state index is 6.38. The average Bonchev–Trinajstić information content (AvgIpc) is 3.81. The maximum Gasteiger partial charge on any atom is 0.137 e. The van der Waals surface area contributed by atoms with Crippen molar-refractivity contribution in [3.8, 4) is 33.4 Å². The lowest BCUT2D eigenvalue weighted by molar-refractivity contribution is 0.669. The van der Waals surface area contributed by atoms with E-state index in [1.807, 2.05) is 12.1 Å². The molecule has 1 heterocycles. The van der Waals surface area contributed by atoms with Crippen LogP contribution in [-0.2, 0) is 5.41 Å². The third-order valence-corrected chi connectivity index (χ3v) is 11.8. The van der Waals surface area contributed by atoms with Gasteiger partial charge in [-0.25, -0.2) is 0 Å². The molecule has 10 aromatic rings. The Morgan fingerprint density at radius 2 is 0.807 bits per heavy atom. The van der Waals surface area contributed by atoms with Gasteiger partial charge in [0.15, 0.2) is 0 Å². The van der Waals surface area contributed by atoms with Gasteiger partial charge in [0.25, 0.3) is 0 Å². The van der Waals surface area contributed by atoms with E-state index in [-0.39, 0.29) is 0 Å². The molecule has 9 aromatic carbocycles. The second-order valence-corrected chi connectivity index (χ2v) is 14.9. The monoisotopic (exact) mass is 727 g/mol. The number of fused-ring (bicyclic) bond motifs is 6. The zero-order valence-corrected chi connectivity index (χ0v) is 31.2. The predicted octanol–water partition coefficient (Wildman–Crippen LogP) is 14.8. The van der Waals surface area contributed by atoms with Gasteiger partial charge < -0.3 is 9.32 Å². The van der Waals surface area contributed by atoms with E-state index in [1.54, 1.807) is 0 Å². The van der Waals surface area contributed by atoms with Crippen LogP contribution in [0.1, 0.15) is 22.3 Å². The molecule has 0 spiro atoms. The van der Waals surface area contributed by atoms with Crippen molar-refractivity contribution >= 4 is 39.0 Å². The number of hydrogen-bond donors (Lipinski definition) is 0. The Morgan fingerprint density at radius 3 is 1.49 bits per heavy atom. The van der Waals surface area contributed by atoms with Gasteiger partial charge in [-0.1, -0.05) is 170 Å². The van der Waals surface area contributed by atoms with Gasteiger partial charge in [0, 0.05) is 33.9 Å². The number of rotatable bonds is 7. The number of para-hydroxylation sites is 1. The number of nitrogens with zero attached hydrogens (tertiary/aromatic N) is 1. The fourth-order valence-corrected chi connectivity index (χ4v) is 9.16. The lowest BCUT2D eigenvalue weighted by atomic mass is 9.67. The maximum absolute atomic E-state index is 6.38. The summed E-state index contributed by atoms with van der Waals surface area (Å²) in [6, 6.07) is 81.2. The lowest BCUT2D eigenvalue weighted by Crippen LogP contribution is -2.28. The van der Waals surface area contributed by atoms with E-state index in [9.17, 15) is 0 Å². The Kier molecular flexibility index (Phi) is 7.75. The first-order chi connectivity index (χ1) is 28.3. The first-order valence-corrected chi connectivity index (χ1v) is 19.6. The van der Waals surface area contributed by atoms with Gasteiger partial charge in [-0.15, -0.1) is 0 Å². The molecule has 0 N–H and O–H groups in total. The molecule has 0 saturated carbocycles. The minimum absolute atomic E-state index is 0.442. The van der Waals surface area contributed by atoms with Crippen molar-refractivity contribution in [3.05, 3.63) is 247 Å². The highest BCUT2D eigenvalue weighted by Crippen LogP contribution is 2.56. The molecule has 0 aliphatic heterocycles.